The van der Waals surface area contributed by atoms with E-state index in [9.17, 15) is 0 Å². The number of hydrogen-bond donors (Lipinski definition) is 0. The molecule has 78 valence electrons. The summed E-state index contributed by atoms with van der Waals surface area (Å²) in [5, 5.41) is 0. The quantitative estimate of drug-likeness (QED) is 0.502. The lowest BCUT2D eigenvalue weighted by molar-refractivity contribution is 0.402. The summed E-state index contributed by atoms with van der Waals surface area (Å²) in [5.41, 5.74) is 2.52. The molecular formula is C11H18N2O. The second-order valence-corrected chi connectivity index (χ2v) is 3.09. The molecule has 3 heteroatoms. The van der Waals surface area contributed by atoms with E-state index in [1.165, 1.54) is 0 Å². The largest absolute Gasteiger partial charge is 0.479 e. The van der Waals surface area contributed by atoms with Gasteiger partial charge in [-0.05, 0) is 33.3 Å². The maximum Gasteiger partial charge on any atom is 0.239 e. The smallest absolute Gasteiger partial charge is 0.239 e. The van der Waals surface area contributed by atoms with E-state index in [1.807, 2.05) is 27.7 Å². The highest BCUT2D eigenvalue weighted by molar-refractivity contribution is 5.95. The summed E-state index contributed by atoms with van der Waals surface area (Å²) < 4.78 is 5.15. The van der Waals surface area contributed by atoms with Crippen molar-refractivity contribution in [1.29, 1.82) is 0 Å². The van der Waals surface area contributed by atoms with Gasteiger partial charge >= 0.3 is 0 Å². The van der Waals surface area contributed by atoms with Crippen LogP contribution in [0.5, 0.6) is 0 Å². The molecule has 0 rings (SSSR count). The summed E-state index contributed by atoms with van der Waals surface area (Å²) in [6.45, 7) is 11.3. The summed E-state index contributed by atoms with van der Waals surface area (Å²) in [4.78, 5) is 8.37. The molecule has 0 N–H and O–H groups in total. The minimum absolute atomic E-state index is 0.510. The van der Waals surface area contributed by atoms with Crippen LogP contribution in [0.25, 0.3) is 0 Å². The van der Waals surface area contributed by atoms with Crippen LogP contribution >= 0.6 is 0 Å². The SMILES string of the molecule is C=C(C)N=C(OC)C(N=CC)=C(C)C. The predicted molar refractivity (Wildman–Crippen MR) is 61.8 cm³/mol. The van der Waals surface area contributed by atoms with E-state index in [-0.39, 0.29) is 0 Å². The van der Waals surface area contributed by atoms with E-state index < -0.39 is 0 Å². The van der Waals surface area contributed by atoms with Crippen molar-refractivity contribution in [2.45, 2.75) is 27.7 Å². The molecule has 0 unspecified atom stereocenters. The Morgan fingerprint density at radius 3 is 2.14 bits per heavy atom. The van der Waals surface area contributed by atoms with Crippen LogP contribution in [-0.4, -0.2) is 19.2 Å². The summed E-state index contributed by atoms with van der Waals surface area (Å²) in [6.07, 6.45) is 1.72. The molecule has 0 spiro atoms. The zero-order valence-corrected chi connectivity index (χ0v) is 9.59. The van der Waals surface area contributed by atoms with Gasteiger partial charge in [0.25, 0.3) is 0 Å². The van der Waals surface area contributed by atoms with Crippen LogP contribution in [0.1, 0.15) is 27.7 Å². The highest BCUT2D eigenvalue weighted by Crippen LogP contribution is 2.09. The standard InChI is InChI=1S/C11H18N2O/c1-7-12-10(8(2)3)11(14-6)13-9(4)5/h7H,4H2,1-3,5-6H3. The first kappa shape index (κ1) is 12.6. The summed E-state index contributed by atoms with van der Waals surface area (Å²) in [7, 11) is 1.58. The van der Waals surface area contributed by atoms with Gasteiger partial charge in [-0.2, -0.15) is 0 Å². The molecule has 0 aromatic rings. The van der Waals surface area contributed by atoms with E-state index >= 15 is 0 Å². The van der Waals surface area contributed by atoms with Gasteiger partial charge in [-0.1, -0.05) is 6.58 Å². The molecular weight excluding hydrogens is 176 g/mol. The molecule has 0 fully saturated rings. The first-order valence-corrected chi connectivity index (χ1v) is 4.47. The van der Waals surface area contributed by atoms with Crippen molar-refractivity contribution in [3.8, 4) is 0 Å². The third-order valence-electron chi connectivity index (χ3n) is 1.42. The molecule has 0 heterocycles. The van der Waals surface area contributed by atoms with Crippen molar-refractivity contribution in [3.63, 3.8) is 0 Å². The Morgan fingerprint density at radius 1 is 1.29 bits per heavy atom. The Morgan fingerprint density at radius 2 is 1.86 bits per heavy atom. The molecule has 0 radical (unpaired) electrons. The van der Waals surface area contributed by atoms with Crippen LogP contribution in [-0.2, 0) is 4.74 Å². The average molecular weight is 194 g/mol. The van der Waals surface area contributed by atoms with Crippen molar-refractivity contribution in [1.82, 2.24) is 0 Å². The number of hydrogen-bond acceptors (Lipinski definition) is 3. The Labute approximate surface area is 85.9 Å². The van der Waals surface area contributed by atoms with E-state index in [0.717, 1.165) is 11.3 Å². The van der Waals surface area contributed by atoms with Gasteiger partial charge in [0.15, 0.2) is 0 Å². The number of nitrogens with zero attached hydrogens (tertiary/aromatic N) is 2. The normalized spacial score (nSPS) is 11.6. The van der Waals surface area contributed by atoms with Crippen LogP contribution in [0.3, 0.4) is 0 Å². The van der Waals surface area contributed by atoms with Crippen molar-refractivity contribution >= 4 is 12.1 Å². The van der Waals surface area contributed by atoms with Gasteiger partial charge in [0.2, 0.25) is 5.90 Å². The van der Waals surface area contributed by atoms with Gasteiger partial charge in [0.05, 0.1) is 7.11 Å². The highest BCUT2D eigenvalue weighted by atomic mass is 16.5. The fourth-order valence-corrected chi connectivity index (χ4v) is 0.896. The van der Waals surface area contributed by atoms with E-state index in [2.05, 4.69) is 16.6 Å². The second-order valence-electron chi connectivity index (χ2n) is 3.09. The fraction of sp³-hybridized carbons (Fsp3) is 0.455. The lowest BCUT2D eigenvalue weighted by Gasteiger charge is -2.07. The summed E-state index contributed by atoms with van der Waals surface area (Å²) in [5.74, 6) is 0.510. The second kappa shape index (κ2) is 6.13. The molecule has 0 aliphatic carbocycles. The minimum Gasteiger partial charge on any atom is -0.479 e. The van der Waals surface area contributed by atoms with Crippen molar-refractivity contribution in [2.75, 3.05) is 7.11 Å². The monoisotopic (exact) mass is 194 g/mol. The third kappa shape index (κ3) is 4.03. The molecule has 0 aromatic heterocycles. The summed E-state index contributed by atoms with van der Waals surface area (Å²) in [6, 6.07) is 0. The minimum atomic E-state index is 0.510. The lowest BCUT2D eigenvalue weighted by Crippen LogP contribution is -2.06. The van der Waals surface area contributed by atoms with Crippen molar-refractivity contribution < 1.29 is 4.74 Å². The van der Waals surface area contributed by atoms with E-state index in [4.69, 9.17) is 4.74 Å². The molecule has 3 nitrogen and oxygen atoms in total. The molecule has 14 heavy (non-hydrogen) atoms. The molecule has 0 saturated heterocycles. The number of methoxy groups -OCH3 is 1. The lowest BCUT2D eigenvalue weighted by atomic mass is 10.2. The maximum absolute atomic E-state index is 5.15. The Kier molecular flexibility index (Phi) is 5.53. The molecule has 0 aliphatic rings. The zero-order chi connectivity index (χ0) is 11.1. The molecule has 0 saturated carbocycles. The van der Waals surface area contributed by atoms with Crippen LogP contribution in [0.15, 0.2) is 33.5 Å². The molecule has 0 aromatic carbocycles. The number of ether oxygens (including phenoxy) is 1. The van der Waals surface area contributed by atoms with Crippen LogP contribution in [0.2, 0.25) is 0 Å². The van der Waals surface area contributed by atoms with Gasteiger partial charge in [0, 0.05) is 11.9 Å². The molecule has 0 atom stereocenters. The first-order chi connectivity index (χ1) is 6.52. The number of allylic oxidation sites excluding steroid dienone is 2. The number of aliphatic imine (C=N–C) groups is 2. The van der Waals surface area contributed by atoms with Crippen molar-refractivity contribution in [3.05, 3.63) is 23.5 Å². The van der Waals surface area contributed by atoms with Gasteiger partial charge in [-0.15, -0.1) is 0 Å². The van der Waals surface area contributed by atoms with Gasteiger partial charge in [-0.25, -0.2) is 4.99 Å². The van der Waals surface area contributed by atoms with Crippen LogP contribution < -0.4 is 0 Å². The molecule has 0 bridgehead atoms. The van der Waals surface area contributed by atoms with Gasteiger partial charge in [0.1, 0.15) is 5.70 Å². The van der Waals surface area contributed by atoms with Crippen molar-refractivity contribution in [2.24, 2.45) is 9.98 Å². The fourth-order valence-electron chi connectivity index (χ4n) is 0.896. The maximum atomic E-state index is 5.15. The van der Waals surface area contributed by atoms with Gasteiger partial charge < -0.3 is 4.74 Å². The van der Waals surface area contributed by atoms with Crippen LogP contribution in [0.4, 0.5) is 0 Å². The number of rotatable bonds is 3. The Bertz CT molecular complexity index is 294. The van der Waals surface area contributed by atoms with Crippen LogP contribution in [0, 0.1) is 0 Å². The molecule has 0 amide bonds. The molecule has 0 aliphatic heterocycles. The third-order valence-corrected chi connectivity index (χ3v) is 1.42. The predicted octanol–water partition coefficient (Wildman–Crippen LogP) is 2.95. The summed E-state index contributed by atoms with van der Waals surface area (Å²) >= 11 is 0. The highest BCUT2D eigenvalue weighted by Gasteiger charge is 2.07. The Balaban J connectivity index is 5.18. The van der Waals surface area contributed by atoms with Gasteiger partial charge in [-0.3, -0.25) is 4.99 Å². The topological polar surface area (TPSA) is 34.0 Å². The average Bonchev–Trinajstić information content (AvgIpc) is 2.10. The first-order valence-electron chi connectivity index (χ1n) is 4.47. The Hall–Kier alpha value is -1.38. The van der Waals surface area contributed by atoms with E-state index in [0.29, 0.717) is 11.6 Å². The zero-order valence-electron chi connectivity index (χ0n) is 9.59. The van der Waals surface area contributed by atoms with E-state index in [1.54, 1.807) is 13.3 Å².